The van der Waals surface area contributed by atoms with Gasteiger partial charge in [-0.05, 0) is 58.2 Å². The Morgan fingerprint density at radius 1 is 1.05 bits per heavy atom. The molecule has 0 radical (unpaired) electrons. The number of ether oxygens (including phenoxy) is 2. The predicted molar refractivity (Wildman–Crippen MR) is 91.0 cm³/mol. The highest BCUT2D eigenvalue weighted by atomic mass is 79.9. The summed E-state index contributed by atoms with van der Waals surface area (Å²) in [5.74, 6) is 1.55. The van der Waals surface area contributed by atoms with Gasteiger partial charge >= 0.3 is 0 Å². The van der Waals surface area contributed by atoms with Gasteiger partial charge in [-0.1, -0.05) is 25.5 Å². The van der Waals surface area contributed by atoms with Crippen LogP contribution in [0.2, 0.25) is 0 Å². The lowest BCUT2D eigenvalue weighted by molar-refractivity contribution is 0.112. The van der Waals surface area contributed by atoms with Gasteiger partial charge < -0.3 is 9.47 Å². The van der Waals surface area contributed by atoms with Crippen LogP contribution in [0.3, 0.4) is 0 Å². The van der Waals surface area contributed by atoms with Gasteiger partial charge in [0, 0.05) is 5.56 Å². The predicted octanol–water partition coefficient (Wildman–Crippen LogP) is 4.67. The highest BCUT2D eigenvalue weighted by Crippen LogP contribution is 2.25. The first kappa shape index (κ1) is 16.6. The molecule has 4 heteroatoms. The number of carbonyl (C=O) groups is 1. The zero-order valence-electron chi connectivity index (χ0n) is 12.5. The van der Waals surface area contributed by atoms with Crippen LogP contribution in [0, 0.1) is 0 Å². The number of aryl methyl sites for hydroxylation is 1. The van der Waals surface area contributed by atoms with Crippen LogP contribution in [0.4, 0.5) is 0 Å². The maximum absolute atomic E-state index is 10.7. The van der Waals surface area contributed by atoms with E-state index in [9.17, 15) is 4.79 Å². The van der Waals surface area contributed by atoms with Crippen molar-refractivity contribution in [3.8, 4) is 11.5 Å². The van der Waals surface area contributed by atoms with Gasteiger partial charge in [-0.25, -0.2) is 0 Å². The van der Waals surface area contributed by atoms with Gasteiger partial charge in [-0.2, -0.15) is 0 Å². The standard InChI is InChI=1S/C18H19BrO3/c1-2-3-14-4-7-16(8-5-14)21-10-11-22-18-9-6-15(13-20)12-17(18)19/h4-9,12-13H,2-3,10-11H2,1H3. The van der Waals surface area contributed by atoms with E-state index in [2.05, 4.69) is 35.0 Å². The zero-order chi connectivity index (χ0) is 15.8. The van der Waals surface area contributed by atoms with E-state index >= 15 is 0 Å². The summed E-state index contributed by atoms with van der Waals surface area (Å²) >= 11 is 3.38. The summed E-state index contributed by atoms with van der Waals surface area (Å²) in [4.78, 5) is 10.7. The van der Waals surface area contributed by atoms with Gasteiger partial charge in [0.1, 0.15) is 31.0 Å². The fraction of sp³-hybridized carbons (Fsp3) is 0.278. The highest BCUT2D eigenvalue weighted by Gasteiger charge is 2.02. The second-order valence-corrected chi connectivity index (χ2v) is 5.75. The Morgan fingerprint density at radius 3 is 2.41 bits per heavy atom. The van der Waals surface area contributed by atoms with Crippen molar-refractivity contribution in [2.75, 3.05) is 13.2 Å². The first-order valence-electron chi connectivity index (χ1n) is 7.32. The smallest absolute Gasteiger partial charge is 0.150 e. The maximum Gasteiger partial charge on any atom is 0.150 e. The molecule has 0 atom stereocenters. The molecule has 22 heavy (non-hydrogen) atoms. The van der Waals surface area contributed by atoms with Crippen LogP contribution in [0.25, 0.3) is 0 Å². The molecule has 3 nitrogen and oxygen atoms in total. The third kappa shape index (κ3) is 4.88. The summed E-state index contributed by atoms with van der Waals surface area (Å²) in [6.07, 6.45) is 3.04. The second kappa shape index (κ2) is 8.59. The molecule has 0 saturated heterocycles. The Hall–Kier alpha value is -1.81. The second-order valence-electron chi connectivity index (χ2n) is 4.90. The van der Waals surface area contributed by atoms with Crippen molar-refractivity contribution in [1.29, 1.82) is 0 Å². The lowest BCUT2D eigenvalue weighted by Crippen LogP contribution is -2.09. The van der Waals surface area contributed by atoms with Gasteiger partial charge in [-0.3, -0.25) is 4.79 Å². The molecule has 116 valence electrons. The maximum atomic E-state index is 10.7. The number of hydrogen-bond donors (Lipinski definition) is 0. The number of rotatable bonds is 8. The summed E-state index contributed by atoms with van der Waals surface area (Å²) in [6.45, 7) is 3.08. The molecule has 0 aliphatic carbocycles. The Balaban J connectivity index is 1.78. The van der Waals surface area contributed by atoms with Gasteiger partial charge in [-0.15, -0.1) is 0 Å². The Kier molecular flexibility index (Phi) is 6.46. The molecule has 0 bridgehead atoms. The number of hydrogen-bond acceptors (Lipinski definition) is 3. The molecule has 0 amide bonds. The molecule has 2 aromatic carbocycles. The fourth-order valence-corrected chi connectivity index (χ4v) is 2.57. The quantitative estimate of drug-likeness (QED) is 0.505. The van der Waals surface area contributed by atoms with Gasteiger partial charge in [0.2, 0.25) is 0 Å². The first-order valence-corrected chi connectivity index (χ1v) is 8.11. The van der Waals surface area contributed by atoms with E-state index in [0.29, 0.717) is 24.5 Å². The lowest BCUT2D eigenvalue weighted by atomic mass is 10.1. The minimum atomic E-state index is 0.440. The van der Waals surface area contributed by atoms with E-state index in [4.69, 9.17) is 9.47 Å². The van der Waals surface area contributed by atoms with Crippen molar-refractivity contribution < 1.29 is 14.3 Å². The molecule has 0 N–H and O–H groups in total. The number of halogens is 1. The molecular weight excluding hydrogens is 344 g/mol. The van der Waals surface area contributed by atoms with E-state index in [1.165, 1.54) is 5.56 Å². The zero-order valence-corrected chi connectivity index (χ0v) is 14.1. The molecule has 0 heterocycles. The van der Waals surface area contributed by atoms with Gasteiger partial charge in [0.25, 0.3) is 0 Å². The molecule has 0 saturated carbocycles. The van der Waals surface area contributed by atoms with E-state index in [-0.39, 0.29) is 0 Å². The molecule has 0 fully saturated rings. The van der Waals surface area contributed by atoms with E-state index in [1.54, 1.807) is 18.2 Å². The van der Waals surface area contributed by atoms with Crippen molar-refractivity contribution in [1.82, 2.24) is 0 Å². The average molecular weight is 363 g/mol. The Morgan fingerprint density at radius 2 is 1.77 bits per heavy atom. The number of carbonyl (C=O) groups excluding carboxylic acids is 1. The normalized spacial score (nSPS) is 10.3. The van der Waals surface area contributed by atoms with Crippen LogP contribution < -0.4 is 9.47 Å². The van der Waals surface area contributed by atoms with Crippen LogP contribution >= 0.6 is 15.9 Å². The number of aldehydes is 1. The Labute approximate surface area is 139 Å². The average Bonchev–Trinajstić information content (AvgIpc) is 2.54. The molecule has 0 aromatic heterocycles. The van der Waals surface area contributed by atoms with Gasteiger partial charge in [0.05, 0.1) is 4.47 Å². The summed E-state index contributed by atoms with van der Waals surface area (Å²) in [5.41, 5.74) is 1.94. The van der Waals surface area contributed by atoms with Crippen molar-refractivity contribution in [2.24, 2.45) is 0 Å². The van der Waals surface area contributed by atoms with E-state index < -0.39 is 0 Å². The molecule has 0 spiro atoms. The van der Waals surface area contributed by atoms with Crippen LogP contribution in [0.15, 0.2) is 46.9 Å². The minimum absolute atomic E-state index is 0.440. The van der Waals surface area contributed by atoms with Gasteiger partial charge in [0.15, 0.2) is 0 Å². The fourth-order valence-electron chi connectivity index (χ4n) is 2.06. The lowest BCUT2D eigenvalue weighted by Gasteiger charge is -2.10. The molecular formula is C18H19BrO3. The van der Waals surface area contributed by atoms with Crippen molar-refractivity contribution in [3.05, 3.63) is 58.1 Å². The van der Waals surface area contributed by atoms with Crippen molar-refractivity contribution in [2.45, 2.75) is 19.8 Å². The van der Waals surface area contributed by atoms with E-state index in [1.807, 2.05) is 12.1 Å². The number of benzene rings is 2. The summed E-state index contributed by atoms with van der Waals surface area (Å²) < 4.78 is 12.0. The first-order chi connectivity index (χ1) is 10.7. The monoisotopic (exact) mass is 362 g/mol. The topological polar surface area (TPSA) is 35.5 Å². The molecule has 2 aromatic rings. The Bertz CT molecular complexity index is 608. The summed E-state index contributed by atoms with van der Waals surface area (Å²) in [7, 11) is 0. The van der Waals surface area contributed by atoms with Crippen molar-refractivity contribution in [3.63, 3.8) is 0 Å². The van der Waals surface area contributed by atoms with Crippen LogP contribution in [-0.2, 0) is 6.42 Å². The third-order valence-corrected chi connectivity index (χ3v) is 3.78. The third-order valence-electron chi connectivity index (χ3n) is 3.16. The largest absolute Gasteiger partial charge is 0.490 e. The summed E-state index contributed by atoms with van der Waals surface area (Å²) in [6, 6.07) is 13.4. The van der Waals surface area contributed by atoms with Crippen LogP contribution in [-0.4, -0.2) is 19.5 Å². The van der Waals surface area contributed by atoms with Crippen LogP contribution in [0.1, 0.15) is 29.3 Å². The van der Waals surface area contributed by atoms with E-state index in [0.717, 1.165) is 29.4 Å². The summed E-state index contributed by atoms with van der Waals surface area (Å²) in [5, 5.41) is 0. The highest BCUT2D eigenvalue weighted by molar-refractivity contribution is 9.10. The SMILES string of the molecule is CCCc1ccc(OCCOc2ccc(C=O)cc2Br)cc1. The van der Waals surface area contributed by atoms with Crippen LogP contribution in [0.5, 0.6) is 11.5 Å². The molecule has 0 aliphatic heterocycles. The van der Waals surface area contributed by atoms with Crippen molar-refractivity contribution >= 4 is 22.2 Å². The molecule has 0 unspecified atom stereocenters. The molecule has 2 rings (SSSR count). The minimum Gasteiger partial charge on any atom is -0.490 e. The molecule has 0 aliphatic rings.